The minimum absolute atomic E-state index is 0.0595. The number of hydrogen-bond donors (Lipinski definition) is 1. The number of ether oxygens (including phenoxy) is 3. The lowest BCUT2D eigenvalue weighted by Crippen LogP contribution is -2.90. The number of thioether (sulfide) groups is 1. The molecule has 0 radical (unpaired) electrons. The second kappa shape index (κ2) is 8.36. The second-order valence-electron chi connectivity index (χ2n) is 5.83. The number of benzene rings is 1. The fraction of sp³-hybridized carbons (Fsp3) is 0.333. The lowest BCUT2D eigenvalue weighted by atomic mass is 10.2. The molecule has 0 aliphatic carbocycles. The van der Waals surface area contributed by atoms with Gasteiger partial charge in [-0.2, -0.15) is 0 Å². The summed E-state index contributed by atoms with van der Waals surface area (Å²) < 4.78 is 21.1. The first-order valence-electron chi connectivity index (χ1n) is 8.17. The topological polar surface area (TPSA) is 115 Å². The third-order valence-corrected chi connectivity index (χ3v) is 5.44. The molecular weight excluding hydrogens is 374 g/mol. The summed E-state index contributed by atoms with van der Waals surface area (Å²) in [5.41, 5.74) is 0.911. The lowest BCUT2D eigenvalue weighted by Gasteiger charge is -2.14. The van der Waals surface area contributed by atoms with Crippen molar-refractivity contribution in [2.45, 2.75) is 18.0 Å². The summed E-state index contributed by atoms with van der Waals surface area (Å²) in [5, 5.41) is 12.7. The molecule has 1 fully saturated rings. The van der Waals surface area contributed by atoms with Gasteiger partial charge in [-0.05, 0) is 30.3 Å². The maximum absolute atomic E-state index is 11.4. The van der Waals surface area contributed by atoms with Crippen LogP contribution in [-0.2, 0) is 16.1 Å². The van der Waals surface area contributed by atoms with E-state index in [2.05, 4.69) is 4.74 Å². The highest BCUT2D eigenvalue weighted by Gasteiger charge is 2.31. The van der Waals surface area contributed by atoms with Gasteiger partial charge in [0.05, 0.1) is 20.0 Å². The number of aliphatic carboxylic acids is 1. The molecule has 144 valence electrons. The van der Waals surface area contributed by atoms with Crippen LogP contribution in [0.1, 0.15) is 27.3 Å². The van der Waals surface area contributed by atoms with Crippen molar-refractivity contribution >= 4 is 23.7 Å². The summed E-state index contributed by atoms with van der Waals surface area (Å²) in [7, 11) is 2.81. The molecule has 0 spiro atoms. The van der Waals surface area contributed by atoms with Crippen LogP contribution in [0.4, 0.5) is 0 Å². The van der Waals surface area contributed by atoms with Crippen LogP contribution in [0.15, 0.2) is 34.7 Å². The van der Waals surface area contributed by atoms with Crippen LogP contribution in [0.5, 0.6) is 11.5 Å². The fourth-order valence-corrected chi connectivity index (χ4v) is 3.98. The molecule has 27 heavy (non-hydrogen) atoms. The molecule has 2 heterocycles. The van der Waals surface area contributed by atoms with Gasteiger partial charge in [0.1, 0.15) is 24.4 Å². The number of carboxylic acids is 1. The van der Waals surface area contributed by atoms with Crippen LogP contribution >= 0.6 is 11.8 Å². The Kier molecular flexibility index (Phi) is 5.92. The van der Waals surface area contributed by atoms with Crippen LogP contribution in [0.25, 0.3) is 0 Å². The van der Waals surface area contributed by atoms with E-state index in [1.54, 1.807) is 17.4 Å². The second-order valence-corrected chi connectivity index (χ2v) is 7.00. The predicted molar refractivity (Wildman–Crippen MR) is 93.3 cm³/mol. The van der Waals surface area contributed by atoms with Gasteiger partial charge < -0.3 is 33.8 Å². The van der Waals surface area contributed by atoms with Gasteiger partial charge in [-0.25, -0.2) is 4.79 Å². The summed E-state index contributed by atoms with van der Waals surface area (Å²) in [5.74, 6) is 0.461. The van der Waals surface area contributed by atoms with E-state index in [4.69, 9.17) is 13.9 Å². The van der Waals surface area contributed by atoms with E-state index in [-0.39, 0.29) is 17.7 Å². The highest BCUT2D eigenvalue weighted by atomic mass is 32.2. The zero-order valence-corrected chi connectivity index (χ0v) is 15.6. The van der Waals surface area contributed by atoms with Gasteiger partial charge >= 0.3 is 5.97 Å². The zero-order chi connectivity index (χ0) is 19.4. The first-order valence-corrected chi connectivity index (χ1v) is 9.22. The van der Waals surface area contributed by atoms with E-state index >= 15 is 0 Å². The normalized spacial score (nSPS) is 18.9. The molecule has 1 aromatic heterocycles. The molecule has 1 aliphatic rings. The molecule has 1 aliphatic heterocycles. The number of carboxylic acid groups (broad SMARTS) is 1. The Morgan fingerprint density at radius 2 is 2.07 bits per heavy atom. The third kappa shape index (κ3) is 4.37. The highest BCUT2D eigenvalue weighted by Crippen LogP contribution is 2.34. The van der Waals surface area contributed by atoms with Crippen molar-refractivity contribution in [1.29, 1.82) is 0 Å². The SMILES string of the molecule is COC(=O)c1ccc(COc2cc(C3[NH2+]C(C(=O)[O-])CS3)ccc2OC)o1. The van der Waals surface area contributed by atoms with Gasteiger partial charge in [0.25, 0.3) is 0 Å². The van der Waals surface area contributed by atoms with Crippen LogP contribution in [-0.4, -0.2) is 38.0 Å². The monoisotopic (exact) mass is 393 g/mol. The molecule has 2 unspecified atom stereocenters. The van der Waals surface area contributed by atoms with Crippen LogP contribution < -0.4 is 19.9 Å². The number of esters is 1. The van der Waals surface area contributed by atoms with Crippen molar-refractivity contribution in [3.63, 3.8) is 0 Å². The quantitative estimate of drug-likeness (QED) is 0.658. The van der Waals surface area contributed by atoms with Gasteiger partial charge in [0.2, 0.25) is 5.76 Å². The molecule has 2 N–H and O–H groups in total. The number of nitrogens with two attached hydrogens (primary N) is 1. The van der Waals surface area contributed by atoms with Gasteiger partial charge in [0.15, 0.2) is 16.9 Å². The molecule has 2 aromatic rings. The molecule has 3 rings (SSSR count). The molecule has 0 saturated carbocycles. The summed E-state index contributed by atoms with van der Waals surface area (Å²) in [4.78, 5) is 22.5. The Labute approximate surface area is 159 Å². The maximum Gasteiger partial charge on any atom is 0.373 e. The maximum atomic E-state index is 11.4. The number of quaternary nitrogens is 1. The molecule has 1 aromatic carbocycles. The van der Waals surface area contributed by atoms with Crippen molar-refractivity contribution in [3.05, 3.63) is 47.4 Å². The van der Waals surface area contributed by atoms with E-state index in [0.29, 0.717) is 23.0 Å². The minimum atomic E-state index is -1.06. The molecule has 0 bridgehead atoms. The van der Waals surface area contributed by atoms with Gasteiger partial charge in [-0.1, -0.05) is 11.8 Å². The largest absolute Gasteiger partial charge is 0.544 e. The average molecular weight is 393 g/mol. The van der Waals surface area contributed by atoms with Crippen LogP contribution in [0, 0.1) is 0 Å². The minimum Gasteiger partial charge on any atom is -0.544 e. The Bertz CT molecular complexity index is 835. The first-order chi connectivity index (χ1) is 13.0. The van der Waals surface area contributed by atoms with Gasteiger partial charge in [0, 0.05) is 5.56 Å². The average Bonchev–Trinajstić information content (AvgIpc) is 3.35. The number of carbonyl (C=O) groups is 2. The van der Waals surface area contributed by atoms with Crippen molar-refractivity contribution < 1.29 is 38.6 Å². The molecule has 9 heteroatoms. The van der Waals surface area contributed by atoms with Crippen LogP contribution in [0.2, 0.25) is 0 Å². The molecule has 2 atom stereocenters. The summed E-state index contributed by atoms with van der Waals surface area (Å²) in [6.07, 6.45) is 0. The molecule has 8 nitrogen and oxygen atoms in total. The van der Waals surface area contributed by atoms with Crippen molar-refractivity contribution in [3.8, 4) is 11.5 Å². The Morgan fingerprint density at radius 1 is 1.26 bits per heavy atom. The summed E-state index contributed by atoms with van der Waals surface area (Å²) >= 11 is 1.53. The van der Waals surface area contributed by atoms with Crippen LogP contribution in [0.3, 0.4) is 0 Å². The van der Waals surface area contributed by atoms with Crippen molar-refractivity contribution in [2.24, 2.45) is 0 Å². The first kappa shape index (κ1) is 19.1. The fourth-order valence-electron chi connectivity index (χ4n) is 2.68. The number of hydrogen-bond acceptors (Lipinski definition) is 8. The van der Waals surface area contributed by atoms with Crippen molar-refractivity contribution in [2.75, 3.05) is 20.0 Å². The number of rotatable bonds is 7. The van der Waals surface area contributed by atoms with Crippen molar-refractivity contribution in [1.82, 2.24) is 0 Å². The van der Waals surface area contributed by atoms with E-state index < -0.39 is 18.0 Å². The number of carbonyl (C=O) groups excluding carboxylic acids is 2. The number of methoxy groups -OCH3 is 2. The Hall–Kier alpha value is -2.65. The number of furan rings is 1. The predicted octanol–water partition coefficient (Wildman–Crippen LogP) is 0.0811. The molecular formula is C18H19NO7S. The summed E-state index contributed by atoms with van der Waals surface area (Å²) in [6.45, 7) is 0.0972. The van der Waals surface area contributed by atoms with E-state index in [9.17, 15) is 14.7 Å². The summed E-state index contributed by atoms with van der Waals surface area (Å²) in [6, 6.07) is 8.05. The van der Waals surface area contributed by atoms with E-state index in [0.717, 1.165) is 5.56 Å². The zero-order valence-electron chi connectivity index (χ0n) is 14.8. The van der Waals surface area contributed by atoms with Gasteiger partial charge in [-0.15, -0.1) is 0 Å². The molecule has 0 amide bonds. The highest BCUT2D eigenvalue weighted by molar-refractivity contribution is 7.99. The molecule has 1 saturated heterocycles. The smallest absolute Gasteiger partial charge is 0.373 e. The van der Waals surface area contributed by atoms with E-state index in [1.807, 2.05) is 12.1 Å². The van der Waals surface area contributed by atoms with Gasteiger partial charge in [-0.3, -0.25) is 0 Å². The third-order valence-electron chi connectivity index (χ3n) is 4.10. The Morgan fingerprint density at radius 3 is 2.74 bits per heavy atom. The standard InChI is InChI=1S/C18H19NO7S/c1-23-13-5-3-10(16-19-12(9-27-16)17(20)21)7-15(13)25-8-11-4-6-14(26-11)18(22)24-2/h3-7,12,16,19H,8-9H2,1-2H3,(H,20,21). The van der Waals surface area contributed by atoms with E-state index in [1.165, 1.54) is 32.0 Å². The lowest BCUT2D eigenvalue weighted by molar-refractivity contribution is -0.690. The Balaban J connectivity index is 1.71.